The van der Waals surface area contributed by atoms with E-state index in [9.17, 15) is 4.79 Å². The Bertz CT molecular complexity index is 567. The van der Waals surface area contributed by atoms with E-state index in [0.29, 0.717) is 19.3 Å². The fraction of sp³-hybridized carbons (Fsp3) is 0.810. The van der Waals surface area contributed by atoms with Gasteiger partial charge in [0, 0.05) is 30.9 Å². The molecular formula is C21H36N4O2. The first kappa shape index (κ1) is 20.2. The lowest BCUT2D eigenvalue weighted by atomic mass is 9.80. The Morgan fingerprint density at radius 2 is 2.11 bits per heavy atom. The van der Waals surface area contributed by atoms with Gasteiger partial charge in [-0.2, -0.15) is 5.10 Å². The van der Waals surface area contributed by atoms with Crippen LogP contribution >= 0.6 is 0 Å². The second-order valence-electron chi connectivity index (χ2n) is 8.47. The van der Waals surface area contributed by atoms with Crippen molar-refractivity contribution in [3.63, 3.8) is 0 Å². The molecule has 1 saturated heterocycles. The monoisotopic (exact) mass is 376 g/mol. The highest BCUT2D eigenvalue weighted by Gasteiger charge is 2.37. The zero-order valence-corrected chi connectivity index (χ0v) is 17.1. The van der Waals surface area contributed by atoms with E-state index in [2.05, 4.69) is 29.4 Å². The molecule has 6 nitrogen and oxygen atoms in total. The number of nitrogens with zero attached hydrogens (tertiary/aromatic N) is 2. The predicted molar refractivity (Wildman–Crippen MR) is 107 cm³/mol. The third-order valence-electron chi connectivity index (χ3n) is 6.45. The fourth-order valence-corrected chi connectivity index (χ4v) is 4.76. The van der Waals surface area contributed by atoms with E-state index < -0.39 is 0 Å². The summed E-state index contributed by atoms with van der Waals surface area (Å²) in [6, 6.07) is 2.12. The molecule has 0 bridgehead atoms. The molecule has 2 amide bonds. The maximum Gasteiger partial charge on any atom is 0.317 e. The lowest BCUT2D eigenvalue weighted by Crippen LogP contribution is -2.53. The van der Waals surface area contributed by atoms with Crippen molar-refractivity contribution in [3.05, 3.63) is 18.0 Å². The number of nitrogens with one attached hydrogen (secondary N) is 2. The number of likely N-dealkylation sites (tertiary alicyclic amines) is 1. The summed E-state index contributed by atoms with van der Waals surface area (Å²) < 4.78 is 6.38. The van der Waals surface area contributed by atoms with Gasteiger partial charge in [0.1, 0.15) is 0 Å². The van der Waals surface area contributed by atoms with E-state index in [-0.39, 0.29) is 18.0 Å². The van der Waals surface area contributed by atoms with Crippen molar-refractivity contribution in [2.75, 3.05) is 19.7 Å². The molecule has 1 aliphatic heterocycles. The van der Waals surface area contributed by atoms with Gasteiger partial charge in [0.15, 0.2) is 0 Å². The number of carbonyl (C=O) groups is 1. The third kappa shape index (κ3) is 5.03. The number of piperidine rings is 1. The van der Waals surface area contributed by atoms with Crippen molar-refractivity contribution < 1.29 is 9.53 Å². The molecule has 0 aromatic carbocycles. The van der Waals surface area contributed by atoms with Crippen LogP contribution in [0.3, 0.4) is 0 Å². The second-order valence-corrected chi connectivity index (χ2v) is 8.47. The Kier molecular flexibility index (Phi) is 7.16. The van der Waals surface area contributed by atoms with Crippen molar-refractivity contribution in [2.45, 2.75) is 77.4 Å². The highest BCUT2D eigenvalue weighted by Crippen LogP contribution is 2.34. The molecule has 1 unspecified atom stereocenters. The van der Waals surface area contributed by atoms with Gasteiger partial charge < -0.3 is 15.0 Å². The van der Waals surface area contributed by atoms with Crippen LogP contribution in [0.5, 0.6) is 0 Å². The van der Waals surface area contributed by atoms with E-state index in [1.54, 1.807) is 6.20 Å². The molecule has 1 aliphatic carbocycles. The number of hydrogen-bond acceptors (Lipinski definition) is 3. The van der Waals surface area contributed by atoms with Gasteiger partial charge in [-0.1, -0.05) is 13.8 Å². The number of ether oxygens (including phenoxy) is 1. The Balaban J connectivity index is 1.64. The number of amides is 2. The molecule has 0 radical (unpaired) electrons. The molecule has 1 saturated carbocycles. The average molecular weight is 377 g/mol. The summed E-state index contributed by atoms with van der Waals surface area (Å²) in [6.45, 7) is 8.67. The topological polar surface area (TPSA) is 70.2 Å². The molecular weight excluding hydrogens is 340 g/mol. The fourth-order valence-electron chi connectivity index (χ4n) is 4.76. The van der Waals surface area contributed by atoms with Crippen LogP contribution in [0.2, 0.25) is 0 Å². The van der Waals surface area contributed by atoms with Gasteiger partial charge in [0.25, 0.3) is 0 Å². The molecule has 2 atom stereocenters. The Morgan fingerprint density at radius 3 is 2.74 bits per heavy atom. The number of urea groups is 1. The Labute approximate surface area is 163 Å². The van der Waals surface area contributed by atoms with Crippen LogP contribution in [-0.2, 0) is 4.74 Å². The van der Waals surface area contributed by atoms with Gasteiger partial charge in [-0.15, -0.1) is 0 Å². The average Bonchev–Trinajstić information content (AvgIpc) is 3.21. The molecule has 1 aromatic heterocycles. The molecule has 6 heteroatoms. The van der Waals surface area contributed by atoms with Crippen LogP contribution in [0.25, 0.3) is 0 Å². The third-order valence-corrected chi connectivity index (χ3v) is 6.45. The SMILES string of the molecule is CCNC(=O)N1CCCC(c2ccn[nH]2)[C@H]1COC1CCC(C(C)C)CC1. The summed E-state index contributed by atoms with van der Waals surface area (Å²) >= 11 is 0. The second kappa shape index (κ2) is 9.58. The van der Waals surface area contributed by atoms with Gasteiger partial charge in [-0.25, -0.2) is 4.79 Å². The van der Waals surface area contributed by atoms with Crippen LogP contribution in [0.15, 0.2) is 12.3 Å². The summed E-state index contributed by atoms with van der Waals surface area (Å²) in [7, 11) is 0. The first-order valence-electron chi connectivity index (χ1n) is 10.8. The van der Waals surface area contributed by atoms with Crippen molar-refractivity contribution in [1.29, 1.82) is 0 Å². The van der Waals surface area contributed by atoms with E-state index in [1.807, 2.05) is 17.9 Å². The molecule has 0 spiro atoms. The lowest BCUT2D eigenvalue weighted by molar-refractivity contribution is -0.0238. The number of hydrogen-bond donors (Lipinski definition) is 2. The summed E-state index contributed by atoms with van der Waals surface area (Å²) in [4.78, 5) is 14.6. The van der Waals surface area contributed by atoms with Crippen LogP contribution in [0, 0.1) is 11.8 Å². The number of aromatic amines is 1. The number of H-pyrrole nitrogens is 1. The summed E-state index contributed by atoms with van der Waals surface area (Å²) in [5, 5.41) is 10.2. The summed E-state index contributed by atoms with van der Waals surface area (Å²) in [5.74, 6) is 1.86. The van der Waals surface area contributed by atoms with Gasteiger partial charge in [0.2, 0.25) is 0 Å². The maximum atomic E-state index is 12.6. The quantitative estimate of drug-likeness (QED) is 0.790. The molecule has 2 heterocycles. The van der Waals surface area contributed by atoms with Crippen molar-refractivity contribution in [3.8, 4) is 0 Å². The largest absolute Gasteiger partial charge is 0.376 e. The van der Waals surface area contributed by atoms with Crippen LogP contribution in [-0.4, -0.2) is 53.0 Å². The molecule has 1 aromatic rings. The van der Waals surface area contributed by atoms with Crippen LogP contribution in [0.4, 0.5) is 4.79 Å². The van der Waals surface area contributed by atoms with Gasteiger partial charge in [-0.3, -0.25) is 5.10 Å². The first-order valence-corrected chi connectivity index (χ1v) is 10.8. The lowest BCUT2D eigenvalue weighted by Gasteiger charge is -2.41. The molecule has 2 N–H and O–H groups in total. The van der Waals surface area contributed by atoms with Gasteiger partial charge in [0.05, 0.1) is 18.8 Å². The number of carbonyl (C=O) groups excluding carboxylic acids is 1. The molecule has 2 aliphatic rings. The maximum absolute atomic E-state index is 12.6. The minimum atomic E-state index is 0.0267. The van der Waals surface area contributed by atoms with Crippen LogP contribution < -0.4 is 5.32 Å². The minimum Gasteiger partial charge on any atom is -0.376 e. The molecule has 3 rings (SSSR count). The van der Waals surface area contributed by atoms with Crippen LogP contribution in [0.1, 0.15) is 70.9 Å². The summed E-state index contributed by atoms with van der Waals surface area (Å²) in [6.07, 6.45) is 9.01. The van der Waals surface area contributed by atoms with Crippen molar-refractivity contribution in [2.24, 2.45) is 11.8 Å². The number of rotatable bonds is 6. The Hall–Kier alpha value is -1.56. The predicted octanol–water partition coefficient (Wildman–Crippen LogP) is 3.92. The number of aromatic nitrogens is 2. The summed E-state index contributed by atoms with van der Waals surface area (Å²) in [5.41, 5.74) is 1.11. The zero-order valence-electron chi connectivity index (χ0n) is 17.1. The minimum absolute atomic E-state index is 0.0267. The van der Waals surface area contributed by atoms with Crippen molar-refractivity contribution in [1.82, 2.24) is 20.4 Å². The smallest absolute Gasteiger partial charge is 0.317 e. The van der Waals surface area contributed by atoms with Crippen molar-refractivity contribution >= 4 is 6.03 Å². The van der Waals surface area contributed by atoms with Gasteiger partial charge >= 0.3 is 6.03 Å². The van der Waals surface area contributed by atoms with E-state index in [4.69, 9.17) is 4.74 Å². The zero-order chi connectivity index (χ0) is 19.2. The normalized spacial score (nSPS) is 29.1. The first-order chi connectivity index (χ1) is 13.1. The molecule has 2 fully saturated rings. The highest BCUT2D eigenvalue weighted by atomic mass is 16.5. The molecule has 152 valence electrons. The van der Waals surface area contributed by atoms with E-state index in [0.717, 1.165) is 49.8 Å². The standard InChI is InChI=1S/C21H36N4O2/c1-4-22-21(26)25-13-5-6-18(19-11-12-23-24-19)20(25)14-27-17-9-7-16(8-10-17)15(2)3/h11-12,15-18,20H,4-10,13-14H2,1-3H3,(H,22,26)(H,23,24)/t16?,17?,18?,20-/m1/s1. The van der Waals surface area contributed by atoms with E-state index in [1.165, 1.54) is 12.8 Å². The van der Waals surface area contributed by atoms with Gasteiger partial charge in [-0.05, 0) is 63.4 Å². The highest BCUT2D eigenvalue weighted by molar-refractivity contribution is 5.74. The Morgan fingerprint density at radius 1 is 1.33 bits per heavy atom. The van der Waals surface area contributed by atoms with E-state index >= 15 is 0 Å². The molecule has 27 heavy (non-hydrogen) atoms.